The lowest BCUT2D eigenvalue weighted by molar-refractivity contribution is -0.107. The molecule has 0 unspecified atom stereocenters. The van der Waals surface area contributed by atoms with Crippen LogP contribution in [0.25, 0.3) is 16.7 Å². The van der Waals surface area contributed by atoms with E-state index in [-0.39, 0.29) is 5.49 Å². The second-order valence-electron chi connectivity index (χ2n) is 5.20. The second-order valence-corrected chi connectivity index (χ2v) is 5.20. The number of rotatable bonds is 5. The molecular formula is C18H19N3O3. The van der Waals surface area contributed by atoms with Gasteiger partial charge in [-0.25, -0.2) is 4.98 Å². The number of benzene rings is 1. The predicted molar refractivity (Wildman–Crippen MR) is 90.2 cm³/mol. The molecule has 2 heterocycles. The standard InChI is InChI=1S/C18H19N3O3/c1-22-14-8-6-13(7-9-14)21-16(19)15(18(23-2)24-3)11-12-5-4-10-20-17(12)21/h4-11,18-19H,1-3H3. The lowest BCUT2D eigenvalue weighted by Crippen LogP contribution is -2.26. The molecule has 1 N–H and O–H groups in total. The first-order chi connectivity index (χ1) is 11.7. The number of hydrogen-bond donors (Lipinski definition) is 1. The van der Waals surface area contributed by atoms with Crippen molar-refractivity contribution in [3.63, 3.8) is 0 Å². The number of fused-ring (bicyclic) bond motifs is 1. The van der Waals surface area contributed by atoms with Crippen molar-refractivity contribution in [3.8, 4) is 11.4 Å². The van der Waals surface area contributed by atoms with Crippen molar-refractivity contribution in [1.82, 2.24) is 9.55 Å². The van der Waals surface area contributed by atoms with Crippen LogP contribution in [0.5, 0.6) is 5.75 Å². The Bertz CT molecular complexity index is 900. The molecule has 0 aliphatic rings. The van der Waals surface area contributed by atoms with Gasteiger partial charge in [0.15, 0.2) is 6.29 Å². The highest BCUT2D eigenvalue weighted by molar-refractivity contribution is 5.77. The molecule has 0 aliphatic carbocycles. The topological polar surface area (TPSA) is 69.4 Å². The van der Waals surface area contributed by atoms with E-state index in [0.29, 0.717) is 11.2 Å². The first-order valence-electron chi connectivity index (χ1n) is 7.45. The number of aromatic nitrogens is 2. The first-order valence-corrected chi connectivity index (χ1v) is 7.45. The zero-order valence-corrected chi connectivity index (χ0v) is 13.8. The Morgan fingerprint density at radius 3 is 2.38 bits per heavy atom. The Morgan fingerprint density at radius 1 is 1.04 bits per heavy atom. The van der Waals surface area contributed by atoms with Crippen LogP contribution in [0.3, 0.4) is 0 Å². The van der Waals surface area contributed by atoms with E-state index in [4.69, 9.17) is 19.6 Å². The molecule has 2 aromatic heterocycles. The lowest BCUT2D eigenvalue weighted by atomic mass is 10.1. The minimum atomic E-state index is -0.619. The Morgan fingerprint density at radius 2 is 1.75 bits per heavy atom. The summed E-state index contributed by atoms with van der Waals surface area (Å²) in [6, 6.07) is 13.2. The number of ether oxygens (including phenoxy) is 3. The lowest BCUT2D eigenvalue weighted by Gasteiger charge is -2.18. The quantitative estimate of drug-likeness (QED) is 0.732. The Hall–Kier alpha value is -2.70. The maximum absolute atomic E-state index is 8.63. The van der Waals surface area contributed by atoms with Crippen LogP contribution in [0.4, 0.5) is 0 Å². The van der Waals surface area contributed by atoms with E-state index in [0.717, 1.165) is 16.8 Å². The molecule has 0 spiro atoms. The highest BCUT2D eigenvalue weighted by Gasteiger charge is 2.17. The largest absolute Gasteiger partial charge is 0.497 e. The van der Waals surface area contributed by atoms with Gasteiger partial charge in [0, 0.05) is 31.5 Å². The van der Waals surface area contributed by atoms with E-state index in [1.54, 1.807) is 32.1 Å². The minimum absolute atomic E-state index is 0.264. The Kier molecular flexibility index (Phi) is 4.59. The first kappa shape index (κ1) is 16.2. The summed E-state index contributed by atoms with van der Waals surface area (Å²) in [7, 11) is 4.73. The normalized spacial score (nSPS) is 11.2. The predicted octanol–water partition coefficient (Wildman–Crippen LogP) is 2.80. The smallest absolute Gasteiger partial charge is 0.186 e. The van der Waals surface area contributed by atoms with Crippen molar-refractivity contribution in [1.29, 1.82) is 5.41 Å². The molecular weight excluding hydrogens is 306 g/mol. The molecule has 0 radical (unpaired) electrons. The van der Waals surface area contributed by atoms with Crippen LogP contribution in [0.2, 0.25) is 0 Å². The van der Waals surface area contributed by atoms with Crippen molar-refractivity contribution in [2.45, 2.75) is 6.29 Å². The zero-order chi connectivity index (χ0) is 17.1. The molecule has 0 bridgehead atoms. The fourth-order valence-electron chi connectivity index (χ4n) is 2.69. The van der Waals surface area contributed by atoms with E-state index in [9.17, 15) is 0 Å². The summed E-state index contributed by atoms with van der Waals surface area (Å²) in [6.45, 7) is 0. The maximum Gasteiger partial charge on any atom is 0.186 e. The summed E-state index contributed by atoms with van der Waals surface area (Å²) in [5, 5.41) is 9.53. The Labute approximate surface area is 139 Å². The van der Waals surface area contributed by atoms with Gasteiger partial charge in [-0.05, 0) is 42.5 Å². The summed E-state index contributed by atoms with van der Waals surface area (Å²) in [6.07, 6.45) is 1.09. The van der Waals surface area contributed by atoms with Crippen LogP contribution in [0.1, 0.15) is 11.9 Å². The van der Waals surface area contributed by atoms with Crippen LogP contribution in [0, 0.1) is 5.41 Å². The molecule has 0 saturated carbocycles. The molecule has 3 rings (SSSR count). The van der Waals surface area contributed by atoms with Crippen LogP contribution in [0.15, 0.2) is 48.7 Å². The average molecular weight is 325 g/mol. The number of pyridine rings is 2. The third-order valence-electron chi connectivity index (χ3n) is 3.85. The minimum Gasteiger partial charge on any atom is -0.497 e. The molecule has 0 fully saturated rings. The van der Waals surface area contributed by atoms with Gasteiger partial charge in [0.2, 0.25) is 0 Å². The van der Waals surface area contributed by atoms with Gasteiger partial charge in [0.05, 0.1) is 12.7 Å². The van der Waals surface area contributed by atoms with Crippen LogP contribution in [-0.2, 0) is 9.47 Å². The Balaban J connectivity index is 2.31. The van der Waals surface area contributed by atoms with Gasteiger partial charge < -0.3 is 14.2 Å². The van der Waals surface area contributed by atoms with Gasteiger partial charge in [-0.15, -0.1) is 0 Å². The monoisotopic (exact) mass is 325 g/mol. The molecule has 0 saturated heterocycles. The average Bonchev–Trinajstić information content (AvgIpc) is 2.63. The van der Waals surface area contributed by atoms with E-state index in [1.165, 1.54) is 0 Å². The number of methoxy groups -OCH3 is 3. The summed E-state index contributed by atoms with van der Waals surface area (Å²) in [5.41, 5.74) is 2.41. The molecule has 6 heteroatoms. The third kappa shape index (κ3) is 2.77. The zero-order valence-electron chi connectivity index (χ0n) is 13.8. The van der Waals surface area contributed by atoms with Gasteiger partial charge in [-0.3, -0.25) is 9.98 Å². The fraction of sp³-hybridized carbons (Fsp3) is 0.222. The summed E-state index contributed by atoms with van der Waals surface area (Å²) < 4.78 is 17.7. The highest BCUT2D eigenvalue weighted by atomic mass is 16.7. The van der Waals surface area contributed by atoms with Gasteiger partial charge in [-0.1, -0.05) is 0 Å². The SMILES string of the molecule is COc1ccc(-n2c(=N)c(C(OC)OC)cc3cccnc32)cc1. The van der Waals surface area contributed by atoms with Crippen molar-refractivity contribution in [3.05, 3.63) is 59.7 Å². The van der Waals surface area contributed by atoms with Crippen LogP contribution < -0.4 is 10.2 Å². The summed E-state index contributed by atoms with van der Waals surface area (Å²) >= 11 is 0. The van der Waals surface area contributed by atoms with E-state index in [2.05, 4.69) is 4.98 Å². The molecule has 0 aliphatic heterocycles. The van der Waals surface area contributed by atoms with Crippen LogP contribution in [-0.4, -0.2) is 30.9 Å². The summed E-state index contributed by atoms with van der Waals surface area (Å²) in [5.74, 6) is 0.756. The van der Waals surface area contributed by atoms with Crippen molar-refractivity contribution in [2.24, 2.45) is 0 Å². The maximum atomic E-state index is 8.63. The third-order valence-corrected chi connectivity index (χ3v) is 3.85. The van der Waals surface area contributed by atoms with Crippen LogP contribution >= 0.6 is 0 Å². The fourth-order valence-corrected chi connectivity index (χ4v) is 2.69. The molecule has 0 amide bonds. The molecule has 24 heavy (non-hydrogen) atoms. The van der Waals surface area contributed by atoms with E-state index >= 15 is 0 Å². The molecule has 124 valence electrons. The van der Waals surface area contributed by atoms with Crippen molar-refractivity contribution < 1.29 is 14.2 Å². The molecule has 1 aromatic carbocycles. The molecule has 0 atom stereocenters. The number of nitrogens with zero attached hydrogens (tertiary/aromatic N) is 2. The van der Waals surface area contributed by atoms with E-state index in [1.807, 2.05) is 42.5 Å². The van der Waals surface area contributed by atoms with Crippen molar-refractivity contribution >= 4 is 11.0 Å². The van der Waals surface area contributed by atoms with Gasteiger partial charge in [0.25, 0.3) is 0 Å². The number of nitrogens with one attached hydrogen (secondary N) is 1. The highest BCUT2D eigenvalue weighted by Crippen LogP contribution is 2.22. The molecule has 3 aromatic rings. The van der Waals surface area contributed by atoms with E-state index < -0.39 is 6.29 Å². The van der Waals surface area contributed by atoms with Gasteiger partial charge >= 0.3 is 0 Å². The van der Waals surface area contributed by atoms with Gasteiger partial charge in [-0.2, -0.15) is 0 Å². The number of hydrogen-bond acceptors (Lipinski definition) is 5. The van der Waals surface area contributed by atoms with Crippen molar-refractivity contribution in [2.75, 3.05) is 21.3 Å². The summed E-state index contributed by atoms with van der Waals surface area (Å²) in [4.78, 5) is 4.44. The second kappa shape index (κ2) is 6.82. The molecule has 6 nitrogen and oxygen atoms in total. The van der Waals surface area contributed by atoms with Gasteiger partial charge in [0.1, 0.15) is 16.9 Å².